The average Bonchev–Trinajstić information content (AvgIpc) is 2.85. The van der Waals surface area contributed by atoms with Crippen molar-refractivity contribution in [3.8, 4) is 0 Å². The summed E-state index contributed by atoms with van der Waals surface area (Å²) in [5.41, 5.74) is 0.664. The van der Waals surface area contributed by atoms with Crippen LogP contribution < -0.4 is 5.32 Å². The zero-order valence-electron chi connectivity index (χ0n) is 12.3. The first kappa shape index (κ1) is 16.9. The summed E-state index contributed by atoms with van der Waals surface area (Å²) in [5.74, 6) is -1.44. The third-order valence-electron chi connectivity index (χ3n) is 2.82. The average molecular weight is 338 g/mol. The van der Waals surface area contributed by atoms with Crippen molar-refractivity contribution in [2.24, 2.45) is 0 Å². The van der Waals surface area contributed by atoms with Crippen molar-refractivity contribution in [3.05, 3.63) is 23.8 Å². The molecule has 0 radical (unpaired) electrons. The summed E-state index contributed by atoms with van der Waals surface area (Å²) in [6.07, 6.45) is 2.68. The van der Waals surface area contributed by atoms with Gasteiger partial charge in [-0.05, 0) is 6.92 Å². The van der Waals surface area contributed by atoms with Gasteiger partial charge in [-0.25, -0.2) is 9.78 Å². The van der Waals surface area contributed by atoms with Crippen LogP contribution in [0, 0.1) is 6.92 Å². The smallest absolute Gasteiger partial charge is 0.359 e. The van der Waals surface area contributed by atoms with Crippen LogP contribution in [0.5, 0.6) is 0 Å². The number of ether oxygens (including phenoxy) is 1. The molecule has 23 heavy (non-hydrogen) atoms. The summed E-state index contributed by atoms with van der Waals surface area (Å²) < 4.78 is 4.79. The molecule has 1 N–H and O–H groups in total. The topological polar surface area (TPSA) is 119 Å². The summed E-state index contributed by atoms with van der Waals surface area (Å²) >= 11 is 0.928. The molecule has 0 atom stereocenters. The van der Waals surface area contributed by atoms with E-state index >= 15 is 0 Å². The second kappa shape index (κ2) is 7.68. The Hall–Kier alpha value is -2.49. The summed E-state index contributed by atoms with van der Waals surface area (Å²) in [5, 5.41) is 2.13. The predicted octanol–water partition coefficient (Wildman–Crippen LogP) is -0.247. The van der Waals surface area contributed by atoms with Gasteiger partial charge in [0.1, 0.15) is 0 Å². The maximum atomic E-state index is 11.6. The molecule has 0 unspecified atom stereocenters. The molecule has 1 aromatic heterocycles. The van der Waals surface area contributed by atoms with E-state index in [4.69, 9.17) is 4.74 Å². The molecule has 3 amide bonds. The molecule has 0 bridgehead atoms. The van der Waals surface area contributed by atoms with Crippen molar-refractivity contribution >= 4 is 34.8 Å². The van der Waals surface area contributed by atoms with E-state index in [0.29, 0.717) is 5.69 Å². The van der Waals surface area contributed by atoms with E-state index in [1.807, 2.05) is 0 Å². The highest BCUT2D eigenvalue weighted by atomic mass is 32.2. The number of carbonyl (C=O) groups excluding carboxylic acids is 4. The zero-order chi connectivity index (χ0) is 16.8. The number of hydrogen-bond donors (Lipinski definition) is 1. The first-order valence-electron chi connectivity index (χ1n) is 6.67. The quantitative estimate of drug-likeness (QED) is 0.706. The summed E-state index contributed by atoms with van der Waals surface area (Å²) in [7, 11) is 0. The number of amides is 3. The van der Waals surface area contributed by atoms with Crippen LogP contribution in [0.1, 0.15) is 16.2 Å². The van der Waals surface area contributed by atoms with Crippen molar-refractivity contribution in [2.45, 2.75) is 6.92 Å². The molecule has 122 valence electrons. The van der Waals surface area contributed by atoms with Crippen molar-refractivity contribution < 1.29 is 23.9 Å². The molecule has 1 aromatic rings. The van der Waals surface area contributed by atoms with Gasteiger partial charge in [0.2, 0.25) is 5.91 Å². The Morgan fingerprint density at radius 3 is 2.74 bits per heavy atom. The highest BCUT2D eigenvalue weighted by Crippen LogP contribution is 2.17. The third-order valence-corrected chi connectivity index (χ3v) is 3.68. The maximum absolute atomic E-state index is 11.6. The molecule has 2 rings (SSSR count). The highest BCUT2D eigenvalue weighted by molar-refractivity contribution is 8.14. The van der Waals surface area contributed by atoms with Gasteiger partial charge in [0.25, 0.3) is 11.1 Å². The molecule has 1 fully saturated rings. The minimum Gasteiger partial charge on any atom is -0.451 e. The number of carbonyl (C=O) groups is 4. The van der Waals surface area contributed by atoms with E-state index < -0.39 is 18.5 Å². The van der Waals surface area contributed by atoms with E-state index in [1.165, 1.54) is 12.4 Å². The Bertz CT molecular complexity index is 618. The van der Waals surface area contributed by atoms with Crippen LogP contribution in [0.15, 0.2) is 12.4 Å². The van der Waals surface area contributed by atoms with Crippen LogP contribution in [-0.4, -0.2) is 63.3 Å². The minimum absolute atomic E-state index is 0.00804. The van der Waals surface area contributed by atoms with Crippen molar-refractivity contribution in [2.75, 3.05) is 25.4 Å². The summed E-state index contributed by atoms with van der Waals surface area (Å²) in [6, 6.07) is 0. The monoisotopic (exact) mass is 338 g/mol. The van der Waals surface area contributed by atoms with E-state index in [0.717, 1.165) is 16.7 Å². The molecule has 9 nitrogen and oxygen atoms in total. The van der Waals surface area contributed by atoms with Gasteiger partial charge in [-0.15, -0.1) is 0 Å². The molecule has 2 heterocycles. The fourth-order valence-electron chi connectivity index (χ4n) is 1.66. The lowest BCUT2D eigenvalue weighted by Gasteiger charge is -2.13. The fraction of sp³-hybridized carbons (Fsp3) is 0.385. The van der Waals surface area contributed by atoms with Crippen molar-refractivity contribution in [1.82, 2.24) is 20.2 Å². The van der Waals surface area contributed by atoms with Crippen LogP contribution in [0.25, 0.3) is 0 Å². The number of hydrogen-bond acceptors (Lipinski definition) is 8. The largest absolute Gasteiger partial charge is 0.451 e. The second-order valence-electron chi connectivity index (χ2n) is 4.57. The number of nitrogens with zero attached hydrogens (tertiary/aromatic N) is 3. The first-order chi connectivity index (χ1) is 11.0. The SMILES string of the molecule is Cc1cnc(C(=O)OCC(=O)NCCN2C(=O)CSC2=O)cn1. The number of esters is 1. The number of aromatic nitrogens is 2. The highest BCUT2D eigenvalue weighted by Gasteiger charge is 2.29. The number of thioether (sulfide) groups is 1. The van der Waals surface area contributed by atoms with Gasteiger partial charge in [0.15, 0.2) is 12.3 Å². The van der Waals surface area contributed by atoms with Crippen LogP contribution in [0.2, 0.25) is 0 Å². The van der Waals surface area contributed by atoms with Gasteiger partial charge in [-0.2, -0.15) is 0 Å². The van der Waals surface area contributed by atoms with E-state index in [2.05, 4.69) is 15.3 Å². The normalized spacial score (nSPS) is 14.0. The summed E-state index contributed by atoms with van der Waals surface area (Å²) in [6.45, 7) is 1.43. The summed E-state index contributed by atoms with van der Waals surface area (Å²) in [4.78, 5) is 54.7. The van der Waals surface area contributed by atoms with Gasteiger partial charge in [-0.1, -0.05) is 11.8 Å². The van der Waals surface area contributed by atoms with Crippen LogP contribution in [0.4, 0.5) is 4.79 Å². The van der Waals surface area contributed by atoms with Gasteiger partial charge in [0.05, 0.1) is 17.6 Å². The Morgan fingerprint density at radius 1 is 1.35 bits per heavy atom. The van der Waals surface area contributed by atoms with Crippen molar-refractivity contribution in [1.29, 1.82) is 0 Å². The Labute approximate surface area is 135 Å². The second-order valence-corrected chi connectivity index (χ2v) is 5.50. The molecular formula is C13H14N4O5S. The van der Waals surface area contributed by atoms with Gasteiger partial charge in [0, 0.05) is 19.3 Å². The lowest BCUT2D eigenvalue weighted by atomic mass is 10.4. The molecular weight excluding hydrogens is 324 g/mol. The Kier molecular flexibility index (Phi) is 5.63. The van der Waals surface area contributed by atoms with E-state index in [-0.39, 0.29) is 35.7 Å². The van der Waals surface area contributed by atoms with Crippen LogP contribution in [-0.2, 0) is 14.3 Å². The fourth-order valence-corrected chi connectivity index (χ4v) is 2.41. The number of imide groups is 1. The third kappa shape index (κ3) is 4.74. The standard InChI is InChI=1S/C13H14N4O5S/c1-8-4-16-9(5-15-8)12(20)22-6-10(18)14-2-3-17-11(19)7-23-13(17)21/h4-5H,2-3,6-7H2,1H3,(H,14,18). The van der Waals surface area contributed by atoms with Crippen molar-refractivity contribution in [3.63, 3.8) is 0 Å². The van der Waals surface area contributed by atoms with Gasteiger partial charge in [-0.3, -0.25) is 24.3 Å². The van der Waals surface area contributed by atoms with Gasteiger partial charge >= 0.3 is 5.97 Å². The van der Waals surface area contributed by atoms with Crippen LogP contribution in [0.3, 0.4) is 0 Å². The lowest BCUT2D eigenvalue weighted by molar-refractivity contribution is -0.126. The molecule has 1 aliphatic heterocycles. The van der Waals surface area contributed by atoms with Crippen LogP contribution >= 0.6 is 11.8 Å². The maximum Gasteiger partial charge on any atom is 0.359 e. The first-order valence-corrected chi connectivity index (χ1v) is 7.65. The minimum atomic E-state index is -0.756. The Balaban J connectivity index is 1.69. The molecule has 0 saturated carbocycles. The molecule has 1 saturated heterocycles. The van der Waals surface area contributed by atoms with E-state index in [9.17, 15) is 19.2 Å². The number of aryl methyl sites for hydroxylation is 1. The lowest BCUT2D eigenvalue weighted by Crippen LogP contribution is -2.38. The Morgan fingerprint density at radius 2 is 2.13 bits per heavy atom. The number of rotatable bonds is 6. The zero-order valence-corrected chi connectivity index (χ0v) is 13.1. The molecule has 0 aromatic carbocycles. The van der Waals surface area contributed by atoms with E-state index in [1.54, 1.807) is 6.92 Å². The van der Waals surface area contributed by atoms with Gasteiger partial charge < -0.3 is 10.1 Å². The molecule has 0 spiro atoms. The predicted molar refractivity (Wildman–Crippen MR) is 79.6 cm³/mol. The molecule has 10 heteroatoms. The number of nitrogens with one attached hydrogen (secondary N) is 1. The molecule has 1 aliphatic rings. The molecule has 0 aliphatic carbocycles.